The minimum atomic E-state index is -3.82. The Morgan fingerprint density at radius 1 is 0.889 bits per heavy atom. The predicted octanol–water partition coefficient (Wildman–Crippen LogP) is 2.75. The minimum absolute atomic E-state index is 0.0273. The lowest BCUT2D eigenvalue weighted by Gasteiger charge is -2.07. The van der Waals surface area contributed by atoms with Gasteiger partial charge in [-0.15, -0.1) is 10.2 Å². The number of nitrogens with one attached hydrogen (secondary N) is 2. The molecule has 0 atom stereocenters. The molecule has 0 aliphatic rings. The molecule has 3 rings (SSSR count). The lowest BCUT2D eigenvalue weighted by atomic mass is 10.2. The van der Waals surface area contributed by atoms with Crippen molar-refractivity contribution in [1.29, 1.82) is 0 Å². The van der Waals surface area contributed by atoms with E-state index in [-0.39, 0.29) is 15.7 Å². The van der Waals surface area contributed by atoms with Crippen LogP contribution in [-0.2, 0) is 20.0 Å². The van der Waals surface area contributed by atoms with E-state index in [1.54, 1.807) is 24.3 Å². The van der Waals surface area contributed by atoms with Gasteiger partial charge in [-0.25, -0.2) is 16.8 Å². The third kappa shape index (κ3) is 5.36. The van der Waals surface area contributed by atoms with Crippen LogP contribution in [0.5, 0.6) is 0 Å². The number of anilines is 2. The molecule has 140 valence electrons. The molecule has 8 nitrogen and oxygen atoms in total. The summed E-state index contributed by atoms with van der Waals surface area (Å²) in [5.74, 6) is 0. The van der Waals surface area contributed by atoms with Gasteiger partial charge in [0.15, 0.2) is 0 Å². The highest BCUT2D eigenvalue weighted by Crippen LogP contribution is 2.19. The summed E-state index contributed by atoms with van der Waals surface area (Å²) in [5.41, 5.74) is 2.38. The van der Waals surface area contributed by atoms with Crippen molar-refractivity contribution < 1.29 is 16.8 Å². The molecule has 0 aliphatic heterocycles. The zero-order valence-electron chi connectivity index (χ0n) is 13.7. The van der Waals surface area contributed by atoms with E-state index in [9.17, 15) is 16.8 Å². The third-order valence-electron chi connectivity index (χ3n) is 3.25. The molecule has 0 bridgehead atoms. The molecule has 3 aromatic rings. The molecule has 11 heteroatoms. The van der Waals surface area contributed by atoms with Crippen LogP contribution in [0, 0.1) is 0 Å². The second-order valence-corrected chi connectivity index (χ2v) is 9.32. The van der Waals surface area contributed by atoms with Crippen LogP contribution in [0.1, 0.15) is 5.56 Å². The van der Waals surface area contributed by atoms with Gasteiger partial charge in [0.25, 0.3) is 20.0 Å². The summed E-state index contributed by atoms with van der Waals surface area (Å²) in [6.07, 6.45) is 1.47. The second kappa shape index (κ2) is 7.86. The van der Waals surface area contributed by atoms with Crippen molar-refractivity contribution in [1.82, 2.24) is 10.2 Å². The Labute approximate surface area is 160 Å². The average molecular weight is 423 g/mol. The van der Waals surface area contributed by atoms with E-state index in [2.05, 4.69) is 19.6 Å². The van der Waals surface area contributed by atoms with Crippen molar-refractivity contribution in [3.63, 3.8) is 0 Å². The average Bonchev–Trinajstić information content (AvgIpc) is 3.13. The predicted molar refractivity (Wildman–Crippen MR) is 105 cm³/mol. The fraction of sp³-hybridized carbons (Fsp3) is 0. The van der Waals surface area contributed by atoms with E-state index in [1.807, 2.05) is 6.07 Å². The Morgan fingerprint density at radius 3 is 2.22 bits per heavy atom. The topological polar surface area (TPSA) is 118 Å². The first kappa shape index (κ1) is 19.0. The van der Waals surface area contributed by atoms with Crippen LogP contribution in [0.2, 0.25) is 0 Å². The van der Waals surface area contributed by atoms with Gasteiger partial charge in [0, 0.05) is 5.69 Å². The maximum Gasteiger partial charge on any atom is 0.263 e. The molecule has 0 amide bonds. The first-order valence-corrected chi connectivity index (χ1v) is 11.4. The maximum atomic E-state index is 12.2. The third-order valence-corrected chi connectivity index (χ3v) is 6.35. The highest BCUT2D eigenvalue weighted by atomic mass is 32.2. The Hall–Kier alpha value is -2.76. The van der Waals surface area contributed by atoms with E-state index in [4.69, 9.17) is 0 Å². The molecule has 1 aromatic heterocycles. The second-order valence-electron chi connectivity index (χ2n) is 5.23. The normalized spacial score (nSPS) is 12.1. The van der Waals surface area contributed by atoms with Crippen LogP contribution < -0.4 is 9.44 Å². The lowest BCUT2D eigenvalue weighted by Crippen LogP contribution is -2.13. The minimum Gasteiger partial charge on any atom is -0.280 e. The fourth-order valence-electron chi connectivity index (χ4n) is 2.02. The Balaban J connectivity index is 1.71. The number of nitrogens with zero attached hydrogens (tertiary/aromatic N) is 2. The molecule has 2 aromatic carbocycles. The summed E-state index contributed by atoms with van der Waals surface area (Å²) < 4.78 is 53.4. The number of aromatic nitrogens is 2. The van der Waals surface area contributed by atoms with E-state index in [0.717, 1.165) is 22.3 Å². The van der Waals surface area contributed by atoms with Gasteiger partial charge in [-0.1, -0.05) is 41.7 Å². The van der Waals surface area contributed by atoms with Gasteiger partial charge in [0.05, 0.1) is 10.3 Å². The molecular weight excluding hydrogens is 408 g/mol. The number of benzene rings is 2. The Morgan fingerprint density at radius 2 is 1.59 bits per heavy atom. The van der Waals surface area contributed by atoms with Crippen LogP contribution in [0.4, 0.5) is 10.8 Å². The monoisotopic (exact) mass is 422 g/mol. The molecule has 0 unspecified atom stereocenters. The van der Waals surface area contributed by atoms with Crippen molar-refractivity contribution in [3.05, 3.63) is 71.1 Å². The summed E-state index contributed by atoms with van der Waals surface area (Å²) in [5, 5.41) is 8.36. The fourth-order valence-corrected chi connectivity index (χ4v) is 4.59. The smallest absolute Gasteiger partial charge is 0.263 e. The number of sulfonamides is 2. The van der Waals surface area contributed by atoms with Crippen molar-refractivity contribution in [2.75, 3.05) is 9.44 Å². The maximum absolute atomic E-state index is 12.2. The summed E-state index contributed by atoms with van der Waals surface area (Å²) in [6.45, 7) is 0. The first-order valence-electron chi connectivity index (χ1n) is 7.49. The zero-order chi connectivity index (χ0) is 19.3. The Bertz CT molecular complexity index is 1130. The van der Waals surface area contributed by atoms with Gasteiger partial charge in [0.1, 0.15) is 5.51 Å². The number of hydrogen-bond acceptors (Lipinski definition) is 7. The standard InChI is InChI=1S/C16H14N4O4S3/c21-26(22,11-10-13-4-2-1-3-5-13)19-14-6-8-15(9-7-14)27(23,24)20-16-18-17-12-25-16/h1-12,19H,(H,18,20)/b11-10+. The molecule has 27 heavy (non-hydrogen) atoms. The first-order chi connectivity index (χ1) is 12.8. The lowest BCUT2D eigenvalue weighted by molar-refractivity contribution is 0.601. The molecule has 0 radical (unpaired) electrons. The van der Waals surface area contributed by atoms with E-state index >= 15 is 0 Å². The van der Waals surface area contributed by atoms with Gasteiger partial charge in [-0.3, -0.25) is 9.44 Å². The molecule has 0 aliphatic carbocycles. The molecular formula is C16H14N4O4S3. The summed E-state index contributed by atoms with van der Waals surface area (Å²) >= 11 is 1.05. The quantitative estimate of drug-likeness (QED) is 0.604. The van der Waals surface area contributed by atoms with Crippen LogP contribution in [0.3, 0.4) is 0 Å². The Kier molecular flexibility index (Phi) is 5.54. The highest BCUT2D eigenvalue weighted by Gasteiger charge is 2.16. The summed E-state index contributed by atoms with van der Waals surface area (Å²) in [7, 11) is -7.56. The van der Waals surface area contributed by atoms with Gasteiger partial charge in [0.2, 0.25) is 5.13 Å². The van der Waals surface area contributed by atoms with Crippen LogP contribution in [0.25, 0.3) is 6.08 Å². The van der Waals surface area contributed by atoms with Crippen LogP contribution in [0.15, 0.2) is 70.4 Å². The molecule has 1 heterocycles. The molecule has 0 spiro atoms. The number of hydrogen-bond donors (Lipinski definition) is 2. The van der Waals surface area contributed by atoms with E-state index < -0.39 is 20.0 Å². The zero-order valence-corrected chi connectivity index (χ0v) is 16.1. The van der Waals surface area contributed by atoms with Crippen LogP contribution in [-0.4, -0.2) is 27.0 Å². The number of rotatable bonds is 7. The summed E-state index contributed by atoms with van der Waals surface area (Å²) in [6, 6.07) is 14.3. The molecule has 2 N–H and O–H groups in total. The molecule has 0 fully saturated rings. The van der Waals surface area contributed by atoms with E-state index in [0.29, 0.717) is 0 Å². The van der Waals surface area contributed by atoms with Gasteiger partial charge in [-0.05, 0) is 35.9 Å². The van der Waals surface area contributed by atoms with Gasteiger partial charge < -0.3 is 0 Å². The highest BCUT2D eigenvalue weighted by molar-refractivity contribution is 7.95. The molecule has 0 saturated carbocycles. The van der Waals surface area contributed by atoms with Crippen LogP contribution >= 0.6 is 11.3 Å². The largest absolute Gasteiger partial charge is 0.280 e. The van der Waals surface area contributed by atoms with Crippen molar-refractivity contribution >= 4 is 48.3 Å². The van der Waals surface area contributed by atoms with Crippen molar-refractivity contribution in [3.8, 4) is 0 Å². The van der Waals surface area contributed by atoms with Gasteiger partial charge >= 0.3 is 0 Å². The molecule has 0 saturated heterocycles. The summed E-state index contributed by atoms with van der Waals surface area (Å²) in [4.78, 5) is -0.0273. The van der Waals surface area contributed by atoms with Crippen molar-refractivity contribution in [2.24, 2.45) is 0 Å². The van der Waals surface area contributed by atoms with Crippen molar-refractivity contribution in [2.45, 2.75) is 4.90 Å². The SMILES string of the molecule is O=S(=O)(/C=C/c1ccccc1)Nc1ccc(S(=O)(=O)Nc2nncs2)cc1. The van der Waals surface area contributed by atoms with Gasteiger partial charge in [-0.2, -0.15) is 0 Å². The van der Waals surface area contributed by atoms with E-state index in [1.165, 1.54) is 35.9 Å².